The summed E-state index contributed by atoms with van der Waals surface area (Å²) < 4.78 is 25.4. The van der Waals surface area contributed by atoms with E-state index in [0.29, 0.717) is 20.5 Å². The first kappa shape index (κ1) is 15.4. The molecule has 2 aromatic rings. The summed E-state index contributed by atoms with van der Waals surface area (Å²) in [5, 5.41) is 0.771. The zero-order valence-corrected chi connectivity index (χ0v) is 12.7. The van der Waals surface area contributed by atoms with E-state index < -0.39 is 10.8 Å². The zero-order valence-electron chi connectivity index (χ0n) is 10.4. The number of hydrogen-bond acceptors (Lipinski definition) is 2. The summed E-state index contributed by atoms with van der Waals surface area (Å²) in [6, 6.07) is 9.14. The fraction of sp³-hybridized carbons (Fsp3) is 0.143. The predicted molar refractivity (Wildman–Crippen MR) is 80.9 cm³/mol. The monoisotopic (exact) mass is 331 g/mol. The van der Waals surface area contributed by atoms with Crippen molar-refractivity contribution in [3.05, 3.63) is 63.4 Å². The fourth-order valence-electron chi connectivity index (χ4n) is 1.77. The molecule has 2 rings (SSSR count). The molecule has 1 atom stereocenters. The van der Waals surface area contributed by atoms with Crippen LogP contribution in [-0.4, -0.2) is 4.21 Å². The number of rotatable bonds is 4. The summed E-state index contributed by atoms with van der Waals surface area (Å²) in [7, 11) is -1.29. The molecule has 2 N–H and O–H groups in total. The molecule has 0 saturated heterocycles. The van der Waals surface area contributed by atoms with Gasteiger partial charge in [0.05, 0.1) is 26.6 Å². The van der Waals surface area contributed by atoms with Crippen molar-refractivity contribution in [3.8, 4) is 0 Å². The van der Waals surface area contributed by atoms with Gasteiger partial charge < -0.3 is 5.73 Å². The minimum absolute atomic E-state index is 0.200. The summed E-state index contributed by atoms with van der Waals surface area (Å²) in [6.07, 6.45) is 0. The molecule has 0 heterocycles. The second-order valence-electron chi connectivity index (χ2n) is 4.18. The Morgan fingerprint density at radius 2 is 1.80 bits per heavy atom. The maximum Gasteiger partial charge on any atom is 0.123 e. The van der Waals surface area contributed by atoms with E-state index in [2.05, 4.69) is 0 Å². The van der Waals surface area contributed by atoms with Crippen LogP contribution in [0.1, 0.15) is 11.1 Å². The van der Waals surface area contributed by atoms with Gasteiger partial charge in [-0.25, -0.2) is 4.39 Å². The third-order valence-electron chi connectivity index (χ3n) is 2.83. The maximum absolute atomic E-state index is 13.1. The number of nitrogens with two attached hydrogens (primary N) is 1. The van der Waals surface area contributed by atoms with Crippen molar-refractivity contribution >= 4 is 34.0 Å². The summed E-state index contributed by atoms with van der Waals surface area (Å²) in [5.41, 5.74) is 6.99. The molecule has 0 aliphatic rings. The van der Waals surface area contributed by atoms with E-state index >= 15 is 0 Å². The molecule has 0 aliphatic carbocycles. The SMILES string of the molecule is NCc1cc(F)ccc1CS(=O)c1ccc(Cl)c(Cl)c1. The van der Waals surface area contributed by atoms with Crippen molar-refractivity contribution in [2.45, 2.75) is 17.2 Å². The second kappa shape index (κ2) is 6.68. The third kappa shape index (κ3) is 3.58. The van der Waals surface area contributed by atoms with Gasteiger partial charge >= 0.3 is 0 Å². The highest BCUT2D eigenvalue weighted by molar-refractivity contribution is 7.84. The minimum atomic E-state index is -1.29. The van der Waals surface area contributed by atoms with Gasteiger partial charge in [0.2, 0.25) is 0 Å². The summed E-state index contributed by atoms with van der Waals surface area (Å²) in [5.74, 6) is -0.0976. The smallest absolute Gasteiger partial charge is 0.123 e. The van der Waals surface area contributed by atoms with E-state index in [9.17, 15) is 8.60 Å². The highest BCUT2D eigenvalue weighted by atomic mass is 35.5. The van der Waals surface area contributed by atoms with Crippen LogP contribution in [0.3, 0.4) is 0 Å². The Morgan fingerprint density at radius 3 is 2.45 bits per heavy atom. The van der Waals surface area contributed by atoms with Crippen molar-refractivity contribution in [1.29, 1.82) is 0 Å². The molecular weight excluding hydrogens is 320 g/mol. The van der Waals surface area contributed by atoms with Crippen LogP contribution in [0.2, 0.25) is 10.0 Å². The van der Waals surface area contributed by atoms with Crippen LogP contribution in [-0.2, 0) is 23.1 Å². The van der Waals surface area contributed by atoms with Crippen LogP contribution in [0, 0.1) is 5.82 Å². The fourth-order valence-corrected chi connectivity index (χ4v) is 3.33. The Balaban J connectivity index is 2.25. The topological polar surface area (TPSA) is 43.1 Å². The predicted octanol–water partition coefficient (Wildman–Crippen LogP) is 3.90. The van der Waals surface area contributed by atoms with Crippen LogP contribution in [0.25, 0.3) is 0 Å². The molecule has 0 bridgehead atoms. The van der Waals surface area contributed by atoms with Gasteiger partial charge in [-0.05, 0) is 41.5 Å². The van der Waals surface area contributed by atoms with Gasteiger partial charge in [0.15, 0.2) is 0 Å². The van der Waals surface area contributed by atoms with Crippen molar-refractivity contribution < 1.29 is 8.60 Å². The quantitative estimate of drug-likeness (QED) is 0.923. The number of halogens is 3. The summed E-state index contributed by atoms with van der Waals surface area (Å²) >= 11 is 11.7. The van der Waals surface area contributed by atoms with E-state index in [0.717, 1.165) is 5.56 Å². The molecule has 1 unspecified atom stereocenters. The van der Waals surface area contributed by atoms with Crippen LogP contribution in [0.4, 0.5) is 4.39 Å². The first-order valence-electron chi connectivity index (χ1n) is 5.82. The number of benzene rings is 2. The van der Waals surface area contributed by atoms with Crippen LogP contribution >= 0.6 is 23.2 Å². The third-order valence-corrected chi connectivity index (χ3v) is 4.92. The molecule has 2 aromatic carbocycles. The van der Waals surface area contributed by atoms with Crippen LogP contribution in [0.15, 0.2) is 41.3 Å². The lowest BCUT2D eigenvalue weighted by atomic mass is 10.1. The number of hydrogen-bond donors (Lipinski definition) is 1. The molecular formula is C14H12Cl2FNOS. The first-order chi connectivity index (χ1) is 9.51. The molecule has 0 saturated carbocycles. The minimum Gasteiger partial charge on any atom is -0.326 e. The Bertz CT molecular complexity index is 664. The molecule has 20 heavy (non-hydrogen) atoms. The highest BCUT2D eigenvalue weighted by Gasteiger charge is 2.11. The van der Waals surface area contributed by atoms with Crippen molar-refractivity contribution in [2.24, 2.45) is 5.73 Å². The first-order valence-corrected chi connectivity index (χ1v) is 7.89. The molecule has 0 aliphatic heterocycles. The molecule has 0 amide bonds. The average molecular weight is 332 g/mol. The standard InChI is InChI=1S/C14H12Cl2FNOS/c15-13-4-3-12(6-14(13)16)20(19)8-9-1-2-11(17)5-10(9)7-18/h1-6H,7-8,18H2. The van der Waals surface area contributed by atoms with Gasteiger partial charge in [-0.1, -0.05) is 29.3 Å². The summed E-state index contributed by atoms with van der Waals surface area (Å²) in [6.45, 7) is 0.200. The van der Waals surface area contributed by atoms with Gasteiger partial charge in [-0.2, -0.15) is 0 Å². The normalized spacial score (nSPS) is 12.4. The molecule has 106 valence electrons. The Hall–Kier alpha value is -0.940. The lowest BCUT2D eigenvalue weighted by Gasteiger charge is -2.08. The van der Waals surface area contributed by atoms with E-state index in [4.69, 9.17) is 28.9 Å². The Labute approximate surface area is 129 Å². The average Bonchev–Trinajstić information content (AvgIpc) is 2.43. The van der Waals surface area contributed by atoms with E-state index in [1.807, 2.05) is 0 Å². The molecule has 0 aromatic heterocycles. The lowest BCUT2D eigenvalue weighted by molar-refractivity contribution is 0.624. The van der Waals surface area contributed by atoms with Crippen molar-refractivity contribution in [1.82, 2.24) is 0 Å². The largest absolute Gasteiger partial charge is 0.326 e. The van der Waals surface area contributed by atoms with Gasteiger partial charge in [-0.3, -0.25) is 4.21 Å². The van der Waals surface area contributed by atoms with E-state index in [-0.39, 0.29) is 18.1 Å². The lowest BCUT2D eigenvalue weighted by Crippen LogP contribution is -2.05. The maximum atomic E-state index is 13.1. The van der Waals surface area contributed by atoms with Gasteiger partial charge in [0, 0.05) is 11.4 Å². The Morgan fingerprint density at radius 1 is 1.05 bits per heavy atom. The summed E-state index contributed by atoms with van der Waals surface area (Å²) in [4.78, 5) is 0.576. The van der Waals surface area contributed by atoms with E-state index in [1.165, 1.54) is 12.1 Å². The van der Waals surface area contributed by atoms with Crippen molar-refractivity contribution in [2.75, 3.05) is 0 Å². The molecule has 6 heteroatoms. The highest BCUT2D eigenvalue weighted by Crippen LogP contribution is 2.25. The second-order valence-corrected chi connectivity index (χ2v) is 6.45. The van der Waals surface area contributed by atoms with Gasteiger partial charge in [0.25, 0.3) is 0 Å². The Kier molecular flexibility index (Phi) is 5.16. The molecule has 0 fully saturated rings. The molecule has 0 spiro atoms. The molecule has 2 nitrogen and oxygen atoms in total. The van der Waals surface area contributed by atoms with Gasteiger partial charge in [-0.15, -0.1) is 0 Å². The van der Waals surface area contributed by atoms with E-state index in [1.54, 1.807) is 24.3 Å². The van der Waals surface area contributed by atoms with Crippen LogP contribution in [0.5, 0.6) is 0 Å². The van der Waals surface area contributed by atoms with Crippen molar-refractivity contribution in [3.63, 3.8) is 0 Å². The zero-order chi connectivity index (χ0) is 14.7. The van der Waals surface area contributed by atoms with Crippen LogP contribution < -0.4 is 5.73 Å². The van der Waals surface area contributed by atoms with Gasteiger partial charge in [0.1, 0.15) is 5.82 Å². The molecule has 0 radical (unpaired) electrons.